The Morgan fingerprint density at radius 2 is 1.77 bits per heavy atom. The van der Waals surface area contributed by atoms with Gasteiger partial charge in [-0.3, -0.25) is 9.89 Å². The summed E-state index contributed by atoms with van der Waals surface area (Å²) >= 11 is 0. The number of piperazine rings is 1. The Labute approximate surface area is 194 Å². The second-order valence-electron chi connectivity index (χ2n) is 8.16. The van der Waals surface area contributed by atoms with Gasteiger partial charge < -0.3 is 15.1 Å². The summed E-state index contributed by atoms with van der Waals surface area (Å²) in [6, 6.07) is 5.49. The zero-order chi connectivity index (χ0) is 20.9. The maximum Gasteiger partial charge on any atom is 0.416 e. The highest BCUT2D eigenvalue weighted by molar-refractivity contribution is 14.0. The number of hydrogen-bond acceptors (Lipinski definition) is 3. The van der Waals surface area contributed by atoms with Gasteiger partial charge in [0.25, 0.3) is 0 Å². The van der Waals surface area contributed by atoms with Gasteiger partial charge in [-0.15, -0.1) is 24.0 Å². The first-order valence-corrected chi connectivity index (χ1v) is 10.4. The third kappa shape index (κ3) is 7.26. The number of nitrogens with one attached hydrogen (secondary N) is 1. The fourth-order valence-electron chi connectivity index (χ4n) is 4.18. The van der Waals surface area contributed by atoms with Gasteiger partial charge in [0.05, 0.1) is 5.56 Å². The second kappa shape index (κ2) is 11.5. The highest BCUT2D eigenvalue weighted by atomic mass is 127. The van der Waals surface area contributed by atoms with Crippen molar-refractivity contribution < 1.29 is 13.2 Å². The molecule has 2 aliphatic heterocycles. The molecule has 170 valence electrons. The Morgan fingerprint density at radius 1 is 1.10 bits per heavy atom. The number of rotatable bonds is 4. The molecule has 0 aliphatic carbocycles. The van der Waals surface area contributed by atoms with Crippen LogP contribution in [0.5, 0.6) is 0 Å². The Morgan fingerprint density at radius 3 is 2.33 bits per heavy atom. The summed E-state index contributed by atoms with van der Waals surface area (Å²) in [6.45, 7) is 7.41. The molecule has 2 heterocycles. The number of guanidine groups is 1. The molecule has 1 atom stereocenters. The average Bonchev–Trinajstić information content (AvgIpc) is 2.69. The van der Waals surface area contributed by atoms with E-state index in [1.807, 2.05) is 7.05 Å². The van der Waals surface area contributed by atoms with Crippen molar-refractivity contribution in [1.29, 1.82) is 0 Å². The second-order valence-corrected chi connectivity index (χ2v) is 8.16. The molecular weight excluding hydrogens is 506 g/mol. The zero-order valence-electron chi connectivity index (χ0n) is 17.8. The van der Waals surface area contributed by atoms with Crippen molar-refractivity contribution in [2.45, 2.75) is 25.6 Å². The fourth-order valence-corrected chi connectivity index (χ4v) is 4.18. The van der Waals surface area contributed by atoms with E-state index in [-0.39, 0.29) is 24.0 Å². The Balaban J connectivity index is 0.00000320. The van der Waals surface area contributed by atoms with Gasteiger partial charge in [0.15, 0.2) is 5.96 Å². The van der Waals surface area contributed by atoms with Gasteiger partial charge in [0.1, 0.15) is 0 Å². The van der Waals surface area contributed by atoms with E-state index >= 15 is 0 Å². The number of halogens is 4. The first kappa shape index (κ1) is 25.2. The number of aliphatic imine (C=N–C) groups is 1. The first-order valence-electron chi connectivity index (χ1n) is 10.4. The predicted octanol–water partition coefficient (Wildman–Crippen LogP) is 3.36. The van der Waals surface area contributed by atoms with E-state index in [2.05, 4.69) is 32.1 Å². The SMILES string of the molecule is CN=C(NCC1CCCN(C)C1)N1CCN(Cc2ccc(C(F)(F)F)cc2)CC1.I. The normalized spacial score (nSPS) is 22.0. The molecule has 30 heavy (non-hydrogen) atoms. The fraction of sp³-hybridized carbons (Fsp3) is 0.667. The van der Waals surface area contributed by atoms with Gasteiger partial charge in [0.2, 0.25) is 0 Å². The van der Waals surface area contributed by atoms with Crippen molar-refractivity contribution in [3.63, 3.8) is 0 Å². The van der Waals surface area contributed by atoms with E-state index < -0.39 is 11.7 Å². The van der Waals surface area contributed by atoms with E-state index in [4.69, 9.17) is 0 Å². The van der Waals surface area contributed by atoms with E-state index in [0.717, 1.165) is 50.8 Å². The van der Waals surface area contributed by atoms with Gasteiger partial charge in [-0.25, -0.2) is 0 Å². The molecule has 0 aromatic heterocycles. The number of piperidine rings is 1. The quantitative estimate of drug-likeness (QED) is 0.362. The monoisotopic (exact) mass is 539 g/mol. The van der Waals surface area contributed by atoms with Crippen LogP contribution >= 0.6 is 24.0 Å². The van der Waals surface area contributed by atoms with Crippen LogP contribution in [0.1, 0.15) is 24.0 Å². The highest BCUT2D eigenvalue weighted by Crippen LogP contribution is 2.29. The molecule has 9 heteroatoms. The molecule has 0 saturated carbocycles. The lowest BCUT2D eigenvalue weighted by atomic mass is 9.98. The van der Waals surface area contributed by atoms with Crippen LogP contribution in [0.3, 0.4) is 0 Å². The summed E-state index contributed by atoms with van der Waals surface area (Å²) in [5.74, 6) is 1.61. The summed E-state index contributed by atoms with van der Waals surface area (Å²) in [5, 5.41) is 3.54. The smallest absolute Gasteiger partial charge is 0.356 e. The van der Waals surface area contributed by atoms with Crippen molar-refractivity contribution in [2.24, 2.45) is 10.9 Å². The number of hydrogen-bond donors (Lipinski definition) is 1. The third-order valence-electron chi connectivity index (χ3n) is 5.84. The maximum absolute atomic E-state index is 12.7. The van der Waals surface area contributed by atoms with Crippen LogP contribution in [0.15, 0.2) is 29.3 Å². The van der Waals surface area contributed by atoms with Crippen molar-refractivity contribution in [2.75, 3.05) is 59.9 Å². The summed E-state index contributed by atoms with van der Waals surface area (Å²) in [7, 11) is 4.00. The molecule has 1 aromatic rings. The van der Waals surface area contributed by atoms with Crippen LogP contribution in [0, 0.1) is 5.92 Å². The Kier molecular flexibility index (Phi) is 9.67. The van der Waals surface area contributed by atoms with E-state index in [1.54, 1.807) is 12.1 Å². The standard InChI is InChI=1S/C21H32F3N5.HI/c1-25-20(26-14-18-4-3-9-27(2)15-18)29-12-10-28(11-13-29)16-17-5-7-19(8-6-17)21(22,23)24;/h5-8,18H,3-4,9-16H2,1-2H3,(H,25,26);1H. The Bertz CT molecular complexity index is 672. The Hall–Kier alpha value is -1.07. The molecule has 1 aromatic carbocycles. The highest BCUT2D eigenvalue weighted by Gasteiger charge is 2.30. The third-order valence-corrected chi connectivity index (χ3v) is 5.84. The van der Waals surface area contributed by atoms with E-state index in [0.29, 0.717) is 12.5 Å². The van der Waals surface area contributed by atoms with Crippen LogP contribution in [0.2, 0.25) is 0 Å². The van der Waals surface area contributed by atoms with Gasteiger partial charge in [-0.2, -0.15) is 13.2 Å². The summed E-state index contributed by atoms with van der Waals surface area (Å²) in [5.41, 5.74) is 0.320. The molecule has 5 nitrogen and oxygen atoms in total. The minimum atomic E-state index is -4.28. The topological polar surface area (TPSA) is 34.1 Å². The number of likely N-dealkylation sites (tertiary alicyclic amines) is 1. The average molecular weight is 539 g/mol. The van der Waals surface area contributed by atoms with E-state index in [9.17, 15) is 13.2 Å². The molecule has 0 bridgehead atoms. The van der Waals surface area contributed by atoms with Crippen molar-refractivity contribution in [1.82, 2.24) is 20.0 Å². The van der Waals surface area contributed by atoms with Crippen LogP contribution in [0.25, 0.3) is 0 Å². The van der Waals surface area contributed by atoms with Gasteiger partial charge in [0, 0.05) is 52.9 Å². The molecule has 2 fully saturated rings. The predicted molar refractivity (Wildman–Crippen MR) is 125 cm³/mol. The van der Waals surface area contributed by atoms with Crippen LogP contribution in [-0.2, 0) is 12.7 Å². The minimum Gasteiger partial charge on any atom is -0.356 e. The molecule has 1 unspecified atom stereocenters. The van der Waals surface area contributed by atoms with Gasteiger partial charge >= 0.3 is 6.18 Å². The summed E-state index contributed by atoms with van der Waals surface area (Å²) < 4.78 is 38.1. The molecular formula is C21H33F3IN5. The number of nitrogens with zero attached hydrogens (tertiary/aromatic N) is 4. The summed E-state index contributed by atoms with van der Waals surface area (Å²) in [4.78, 5) is 11.4. The zero-order valence-corrected chi connectivity index (χ0v) is 20.1. The van der Waals surface area contributed by atoms with E-state index in [1.165, 1.54) is 31.5 Å². The number of alkyl halides is 3. The first-order chi connectivity index (χ1) is 13.8. The van der Waals surface area contributed by atoms with Crippen LogP contribution in [-0.4, -0.2) is 80.6 Å². The maximum atomic E-state index is 12.7. The van der Waals surface area contributed by atoms with Crippen molar-refractivity contribution in [3.05, 3.63) is 35.4 Å². The van der Waals surface area contributed by atoms with Crippen LogP contribution < -0.4 is 5.32 Å². The molecule has 0 amide bonds. The van der Waals surface area contributed by atoms with Gasteiger partial charge in [-0.1, -0.05) is 12.1 Å². The van der Waals surface area contributed by atoms with Crippen molar-refractivity contribution >= 4 is 29.9 Å². The minimum absolute atomic E-state index is 0. The lowest BCUT2D eigenvalue weighted by Crippen LogP contribution is -2.53. The molecule has 3 rings (SSSR count). The number of benzene rings is 1. The molecule has 1 N–H and O–H groups in total. The summed E-state index contributed by atoms with van der Waals surface area (Å²) in [6.07, 6.45) is -1.76. The van der Waals surface area contributed by atoms with Crippen LogP contribution in [0.4, 0.5) is 13.2 Å². The van der Waals surface area contributed by atoms with Gasteiger partial charge in [-0.05, 0) is 50.0 Å². The molecule has 0 radical (unpaired) electrons. The molecule has 0 spiro atoms. The lowest BCUT2D eigenvalue weighted by Gasteiger charge is -2.37. The van der Waals surface area contributed by atoms with Crippen molar-refractivity contribution in [3.8, 4) is 0 Å². The lowest BCUT2D eigenvalue weighted by molar-refractivity contribution is -0.137. The molecule has 2 aliphatic rings. The largest absolute Gasteiger partial charge is 0.416 e. The molecule has 2 saturated heterocycles.